The maximum Gasteiger partial charge on any atom is 0.315 e. The van der Waals surface area contributed by atoms with Gasteiger partial charge in [-0.15, -0.1) is 0 Å². The first kappa shape index (κ1) is 6.31. The lowest BCUT2D eigenvalue weighted by Crippen LogP contribution is -2.23. The van der Waals surface area contributed by atoms with Crippen LogP contribution >= 0.6 is 0 Å². The second-order valence-corrected chi connectivity index (χ2v) is 1.68. The first-order chi connectivity index (χ1) is 4.33. The van der Waals surface area contributed by atoms with Crippen molar-refractivity contribution in [2.24, 2.45) is 0 Å². The highest BCUT2D eigenvalue weighted by atomic mass is 17.1. The van der Waals surface area contributed by atoms with Gasteiger partial charge < -0.3 is 10.6 Å². The molecular weight excluding hydrogens is 124 g/mol. The molecule has 1 radical (unpaired) electrons. The summed E-state index contributed by atoms with van der Waals surface area (Å²) in [6.07, 6.45) is 0. The molecule has 5 nitrogen and oxygen atoms in total. The zero-order chi connectivity index (χ0) is 6.69. The minimum Gasteiger partial charge on any atom is -0.336 e. The predicted molar refractivity (Wildman–Crippen MR) is 28.4 cm³/mol. The van der Waals surface area contributed by atoms with Crippen molar-refractivity contribution in [2.75, 3.05) is 13.2 Å². The highest BCUT2D eigenvalue weighted by molar-refractivity contribution is 5.78. The summed E-state index contributed by atoms with van der Waals surface area (Å²) in [5, 5.41) is 12.8. The molecule has 1 rings (SSSR count). The van der Waals surface area contributed by atoms with Crippen molar-refractivity contribution in [3.05, 3.63) is 6.04 Å². The van der Waals surface area contributed by atoms with Gasteiger partial charge >= 0.3 is 6.03 Å². The van der Waals surface area contributed by atoms with Crippen LogP contribution in [0.25, 0.3) is 0 Å². The Morgan fingerprint density at radius 1 is 1.78 bits per heavy atom. The Morgan fingerprint density at radius 2 is 2.56 bits per heavy atom. The lowest BCUT2D eigenvalue weighted by Gasteiger charge is -2.01. The smallest absolute Gasteiger partial charge is 0.315 e. The molecular formula is C4H7N2O3. The van der Waals surface area contributed by atoms with E-state index in [1.54, 1.807) is 0 Å². The second kappa shape index (κ2) is 2.65. The van der Waals surface area contributed by atoms with E-state index in [0.717, 1.165) is 0 Å². The standard InChI is InChI=1S/C4H7N2O3/c7-4-5-1-3(6-4)2-9-8/h8H,1-2H2,(H2,5,6,7). The van der Waals surface area contributed by atoms with Gasteiger partial charge in [0.2, 0.25) is 0 Å². The van der Waals surface area contributed by atoms with E-state index in [9.17, 15) is 4.79 Å². The fraction of sp³-hybridized carbons (Fsp3) is 0.500. The topological polar surface area (TPSA) is 70.6 Å². The number of urea groups is 1. The van der Waals surface area contributed by atoms with E-state index in [1.807, 2.05) is 0 Å². The van der Waals surface area contributed by atoms with Crippen LogP contribution in [0.4, 0.5) is 4.79 Å². The number of rotatable bonds is 2. The third kappa shape index (κ3) is 1.55. The van der Waals surface area contributed by atoms with Gasteiger partial charge in [0, 0.05) is 6.54 Å². The van der Waals surface area contributed by atoms with Gasteiger partial charge in [0.05, 0.1) is 0 Å². The Morgan fingerprint density at radius 3 is 3.00 bits per heavy atom. The normalized spacial score (nSPS) is 19.4. The molecule has 0 unspecified atom stereocenters. The number of nitrogens with one attached hydrogen (secondary N) is 2. The third-order valence-corrected chi connectivity index (χ3v) is 0.991. The van der Waals surface area contributed by atoms with Crippen LogP contribution in [-0.4, -0.2) is 24.4 Å². The van der Waals surface area contributed by atoms with Gasteiger partial charge in [-0.2, -0.15) is 0 Å². The van der Waals surface area contributed by atoms with Crippen LogP contribution in [-0.2, 0) is 4.89 Å². The Balaban J connectivity index is 2.22. The first-order valence-corrected chi connectivity index (χ1v) is 2.49. The van der Waals surface area contributed by atoms with Gasteiger partial charge in [0.15, 0.2) is 0 Å². The summed E-state index contributed by atoms with van der Waals surface area (Å²) in [5.41, 5.74) is 0. The molecule has 5 heteroatoms. The van der Waals surface area contributed by atoms with Crippen molar-refractivity contribution in [3.8, 4) is 0 Å². The van der Waals surface area contributed by atoms with Gasteiger partial charge in [-0.05, 0) is 0 Å². The Hall–Kier alpha value is -0.810. The summed E-state index contributed by atoms with van der Waals surface area (Å²) in [5.74, 6) is 0. The maximum absolute atomic E-state index is 10.3. The zero-order valence-corrected chi connectivity index (χ0v) is 4.68. The lowest BCUT2D eigenvalue weighted by atomic mass is 10.3. The second-order valence-electron chi connectivity index (χ2n) is 1.68. The fourth-order valence-electron chi connectivity index (χ4n) is 0.601. The average molecular weight is 131 g/mol. The molecule has 2 amide bonds. The molecule has 51 valence electrons. The van der Waals surface area contributed by atoms with E-state index in [1.165, 1.54) is 0 Å². The molecule has 0 spiro atoms. The highest BCUT2D eigenvalue weighted by Crippen LogP contribution is 1.97. The van der Waals surface area contributed by atoms with Gasteiger partial charge in [0.1, 0.15) is 12.6 Å². The molecule has 0 atom stereocenters. The largest absolute Gasteiger partial charge is 0.336 e. The maximum atomic E-state index is 10.3. The minimum atomic E-state index is -0.248. The van der Waals surface area contributed by atoms with Crippen molar-refractivity contribution in [1.29, 1.82) is 0 Å². The lowest BCUT2D eigenvalue weighted by molar-refractivity contribution is -0.238. The van der Waals surface area contributed by atoms with Crippen LogP contribution in [0.2, 0.25) is 0 Å². The van der Waals surface area contributed by atoms with Crippen LogP contribution in [0.5, 0.6) is 0 Å². The number of carbonyl (C=O) groups excluding carboxylic acids is 1. The van der Waals surface area contributed by atoms with E-state index < -0.39 is 0 Å². The van der Waals surface area contributed by atoms with Crippen LogP contribution < -0.4 is 10.6 Å². The summed E-state index contributed by atoms with van der Waals surface area (Å²) in [7, 11) is 0. The number of carbonyl (C=O) groups is 1. The number of hydrogen-bond donors (Lipinski definition) is 3. The third-order valence-electron chi connectivity index (χ3n) is 0.991. The first-order valence-electron chi connectivity index (χ1n) is 2.49. The van der Waals surface area contributed by atoms with E-state index in [2.05, 4.69) is 15.5 Å². The fourth-order valence-corrected chi connectivity index (χ4v) is 0.601. The zero-order valence-electron chi connectivity index (χ0n) is 4.68. The van der Waals surface area contributed by atoms with Gasteiger partial charge in [-0.1, -0.05) is 0 Å². The van der Waals surface area contributed by atoms with E-state index in [0.29, 0.717) is 12.6 Å². The summed E-state index contributed by atoms with van der Waals surface area (Å²) >= 11 is 0. The number of hydrogen-bond acceptors (Lipinski definition) is 3. The molecule has 1 aliphatic rings. The van der Waals surface area contributed by atoms with Gasteiger partial charge in [0.25, 0.3) is 0 Å². The minimum absolute atomic E-state index is 0.0543. The van der Waals surface area contributed by atoms with Gasteiger partial charge in [-0.25, -0.2) is 9.68 Å². The van der Waals surface area contributed by atoms with E-state index >= 15 is 0 Å². The molecule has 0 aromatic carbocycles. The average Bonchev–Trinajstić information content (AvgIpc) is 2.17. The number of amides is 2. The molecule has 1 saturated heterocycles. The molecule has 0 aromatic rings. The van der Waals surface area contributed by atoms with Crippen molar-refractivity contribution < 1.29 is 14.9 Å². The van der Waals surface area contributed by atoms with Crippen LogP contribution in [0.3, 0.4) is 0 Å². The molecule has 1 aliphatic heterocycles. The molecule has 9 heavy (non-hydrogen) atoms. The summed E-state index contributed by atoms with van der Waals surface area (Å²) in [4.78, 5) is 14.1. The van der Waals surface area contributed by atoms with Crippen LogP contribution in [0.15, 0.2) is 0 Å². The van der Waals surface area contributed by atoms with Crippen LogP contribution in [0, 0.1) is 6.04 Å². The summed E-state index contributed by atoms with van der Waals surface area (Å²) in [6, 6.07) is 0.393. The van der Waals surface area contributed by atoms with Crippen LogP contribution in [0.1, 0.15) is 0 Å². The molecule has 1 fully saturated rings. The molecule has 0 aliphatic carbocycles. The van der Waals surface area contributed by atoms with Crippen molar-refractivity contribution in [2.45, 2.75) is 0 Å². The molecule has 1 heterocycles. The SMILES string of the molecule is O=C1NC[C](COO)N1. The van der Waals surface area contributed by atoms with Crippen molar-refractivity contribution in [1.82, 2.24) is 10.6 Å². The Kier molecular flexibility index (Phi) is 1.86. The summed E-state index contributed by atoms with van der Waals surface area (Å²) < 4.78 is 0. The molecule has 0 bridgehead atoms. The predicted octanol–water partition coefficient (Wildman–Crippen LogP) is -0.679. The molecule has 3 N–H and O–H groups in total. The van der Waals surface area contributed by atoms with E-state index in [4.69, 9.17) is 5.26 Å². The Labute approximate surface area is 51.9 Å². The Bertz CT molecular complexity index is 116. The molecule has 0 saturated carbocycles. The van der Waals surface area contributed by atoms with Crippen molar-refractivity contribution >= 4 is 6.03 Å². The quantitative estimate of drug-likeness (QED) is 0.343. The van der Waals surface area contributed by atoms with Crippen molar-refractivity contribution in [3.63, 3.8) is 0 Å². The highest BCUT2D eigenvalue weighted by Gasteiger charge is 2.20. The summed E-state index contributed by atoms with van der Waals surface area (Å²) in [6.45, 7) is 0.484. The van der Waals surface area contributed by atoms with E-state index in [-0.39, 0.29) is 12.6 Å². The molecule has 0 aromatic heterocycles. The monoisotopic (exact) mass is 131 g/mol. The van der Waals surface area contributed by atoms with Gasteiger partial charge in [-0.3, -0.25) is 5.26 Å².